The normalized spacial score (nSPS) is 14.7. The molecule has 0 aliphatic rings. The van der Waals surface area contributed by atoms with E-state index < -0.39 is 24.0 Å². The highest BCUT2D eigenvalue weighted by molar-refractivity contribution is 5.90. The molecule has 1 unspecified atom stereocenters. The SMILES string of the molecule is CCCCCCCC(C)(OC(=O)CC(=O)O)C(C)(C)C. The maximum atomic E-state index is 11.6. The highest BCUT2D eigenvalue weighted by Gasteiger charge is 2.40. The predicted molar refractivity (Wildman–Crippen MR) is 79.6 cm³/mol. The van der Waals surface area contributed by atoms with Crippen molar-refractivity contribution in [3.63, 3.8) is 0 Å². The van der Waals surface area contributed by atoms with Gasteiger partial charge in [-0.25, -0.2) is 0 Å². The molecule has 0 aromatic heterocycles. The van der Waals surface area contributed by atoms with E-state index in [4.69, 9.17) is 9.84 Å². The Balaban J connectivity index is 4.52. The first kappa shape index (κ1) is 18.9. The van der Waals surface area contributed by atoms with Crippen molar-refractivity contribution in [1.82, 2.24) is 0 Å². The maximum Gasteiger partial charge on any atom is 0.317 e. The molecule has 20 heavy (non-hydrogen) atoms. The van der Waals surface area contributed by atoms with Gasteiger partial charge >= 0.3 is 11.9 Å². The summed E-state index contributed by atoms with van der Waals surface area (Å²) in [4.78, 5) is 22.2. The van der Waals surface area contributed by atoms with Crippen molar-refractivity contribution in [2.24, 2.45) is 5.41 Å². The number of unbranched alkanes of at least 4 members (excludes halogenated alkanes) is 4. The van der Waals surface area contributed by atoms with E-state index in [0.29, 0.717) is 0 Å². The van der Waals surface area contributed by atoms with Gasteiger partial charge in [-0.05, 0) is 19.8 Å². The number of carbonyl (C=O) groups excluding carboxylic acids is 1. The molecule has 1 atom stereocenters. The molecule has 0 heterocycles. The van der Waals surface area contributed by atoms with E-state index in [0.717, 1.165) is 19.3 Å². The zero-order chi connectivity index (χ0) is 15.8. The van der Waals surface area contributed by atoms with Crippen LogP contribution in [0.5, 0.6) is 0 Å². The number of hydrogen-bond donors (Lipinski definition) is 1. The zero-order valence-corrected chi connectivity index (χ0v) is 13.6. The van der Waals surface area contributed by atoms with Crippen molar-refractivity contribution < 1.29 is 19.4 Å². The van der Waals surface area contributed by atoms with Gasteiger partial charge < -0.3 is 9.84 Å². The molecule has 0 amide bonds. The first-order valence-electron chi connectivity index (χ1n) is 7.56. The molecule has 0 aromatic rings. The van der Waals surface area contributed by atoms with E-state index in [-0.39, 0.29) is 5.41 Å². The van der Waals surface area contributed by atoms with Crippen molar-refractivity contribution in [2.75, 3.05) is 0 Å². The Morgan fingerprint density at radius 3 is 2.00 bits per heavy atom. The van der Waals surface area contributed by atoms with E-state index in [1.165, 1.54) is 19.3 Å². The van der Waals surface area contributed by atoms with E-state index in [2.05, 4.69) is 6.92 Å². The fourth-order valence-electron chi connectivity index (χ4n) is 2.06. The lowest BCUT2D eigenvalue weighted by Gasteiger charge is -2.41. The first-order valence-corrected chi connectivity index (χ1v) is 7.56. The highest BCUT2D eigenvalue weighted by Crippen LogP contribution is 2.38. The van der Waals surface area contributed by atoms with Crippen LogP contribution in [0.2, 0.25) is 0 Å². The van der Waals surface area contributed by atoms with Crippen LogP contribution in [0.25, 0.3) is 0 Å². The zero-order valence-electron chi connectivity index (χ0n) is 13.6. The van der Waals surface area contributed by atoms with Crippen molar-refractivity contribution in [2.45, 2.75) is 85.2 Å². The summed E-state index contributed by atoms with van der Waals surface area (Å²) in [6.07, 6.45) is 5.94. The van der Waals surface area contributed by atoms with Crippen molar-refractivity contribution in [1.29, 1.82) is 0 Å². The number of carboxylic acids is 1. The number of carboxylic acid groups (broad SMARTS) is 1. The lowest BCUT2D eigenvalue weighted by Crippen LogP contribution is -2.44. The Morgan fingerprint density at radius 1 is 1.00 bits per heavy atom. The van der Waals surface area contributed by atoms with Crippen LogP contribution < -0.4 is 0 Å². The minimum atomic E-state index is -1.14. The molecular formula is C16H30O4. The van der Waals surface area contributed by atoms with Gasteiger partial charge in [-0.15, -0.1) is 0 Å². The molecule has 0 saturated carbocycles. The fraction of sp³-hybridized carbons (Fsp3) is 0.875. The van der Waals surface area contributed by atoms with Gasteiger partial charge in [0.1, 0.15) is 12.0 Å². The molecule has 4 nitrogen and oxygen atoms in total. The van der Waals surface area contributed by atoms with Crippen molar-refractivity contribution >= 4 is 11.9 Å². The second kappa shape index (κ2) is 8.28. The lowest BCUT2D eigenvalue weighted by atomic mass is 9.74. The largest absolute Gasteiger partial charge is 0.481 e. The number of aliphatic carboxylic acids is 1. The van der Waals surface area contributed by atoms with Crippen molar-refractivity contribution in [3.8, 4) is 0 Å². The molecule has 118 valence electrons. The Morgan fingerprint density at radius 2 is 1.55 bits per heavy atom. The Kier molecular flexibility index (Phi) is 7.84. The molecule has 0 radical (unpaired) electrons. The maximum absolute atomic E-state index is 11.6. The Hall–Kier alpha value is -1.06. The average molecular weight is 286 g/mol. The number of ether oxygens (including phenoxy) is 1. The molecule has 0 bridgehead atoms. The summed E-state index contributed by atoms with van der Waals surface area (Å²) < 4.78 is 5.50. The summed E-state index contributed by atoms with van der Waals surface area (Å²) in [5.74, 6) is -1.79. The first-order chi connectivity index (χ1) is 9.12. The van der Waals surface area contributed by atoms with Gasteiger partial charge in [-0.1, -0.05) is 53.4 Å². The third kappa shape index (κ3) is 6.92. The summed E-state index contributed by atoms with van der Waals surface area (Å²) in [6.45, 7) is 10.1. The second-order valence-electron chi connectivity index (χ2n) is 6.69. The predicted octanol–water partition coefficient (Wildman–Crippen LogP) is 4.17. The number of hydrogen-bond acceptors (Lipinski definition) is 3. The number of rotatable bonds is 9. The van der Waals surface area contributed by atoms with Crippen LogP contribution in [0.1, 0.15) is 79.6 Å². The van der Waals surface area contributed by atoms with Gasteiger partial charge in [0.2, 0.25) is 0 Å². The van der Waals surface area contributed by atoms with Crippen molar-refractivity contribution in [3.05, 3.63) is 0 Å². The average Bonchev–Trinajstić information content (AvgIpc) is 2.25. The van der Waals surface area contributed by atoms with Gasteiger partial charge in [0.25, 0.3) is 0 Å². The Labute approximate surface area is 122 Å². The molecule has 0 spiro atoms. The molecule has 0 rings (SSSR count). The van der Waals surface area contributed by atoms with Crippen LogP contribution in [0.3, 0.4) is 0 Å². The molecule has 0 saturated heterocycles. The van der Waals surface area contributed by atoms with E-state index in [1.54, 1.807) is 0 Å². The van der Waals surface area contributed by atoms with Gasteiger partial charge in [0, 0.05) is 5.41 Å². The fourth-order valence-corrected chi connectivity index (χ4v) is 2.06. The third-order valence-corrected chi connectivity index (χ3v) is 3.98. The summed E-state index contributed by atoms with van der Waals surface area (Å²) in [5, 5.41) is 8.66. The van der Waals surface area contributed by atoms with Crippen LogP contribution in [0.15, 0.2) is 0 Å². The monoisotopic (exact) mass is 286 g/mol. The van der Waals surface area contributed by atoms with Crippen LogP contribution in [0.4, 0.5) is 0 Å². The molecule has 1 N–H and O–H groups in total. The van der Waals surface area contributed by atoms with Gasteiger partial charge in [-0.2, -0.15) is 0 Å². The van der Waals surface area contributed by atoms with Gasteiger partial charge in [-0.3, -0.25) is 9.59 Å². The lowest BCUT2D eigenvalue weighted by molar-refractivity contribution is -0.174. The topological polar surface area (TPSA) is 63.6 Å². The quantitative estimate of drug-likeness (QED) is 0.392. The molecule has 0 aliphatic heterocycles. The standard InChI is InChI=1S/C16H30O4/c1-6-7-8-9-10-11-16(5,15(2,3)4)20-14(19)12-13(17)18/h6-12H2,1-5H3,(H,17,18). The molecule has 0 aromatic carbocycles. The minimum Gasteiger partial charge on any atom is -0.481 e. The van der Waals surface area contributed by atoms with Crippen LogP contribution in [-0.2, 0) is 14.3 Å². The van der Waals surface area contributed by atoms with Gasteiger partial charge in [0.15, 0.2) is 0 Å². The summed E-state index contributed by atoms with van der Waals surface area (Å²) >= 11 is 0. The summed E-state index contributed by atoms with van der Waals surface area (Å²) in [7, 11) is 0. The number of carbonyl (C=O) groups is 2. The van der Waals surface area contributed by atoms with E-state index >= 15 is 0 Å². The Bertz CT molecular complexity index is 317. The highest BCUT2D eigenvalue weighted by atomic mass is 16.6. The molecule has 4 heteroatoms. The third-order valence-electron chi connectivity index (χ3n) is 3.98. The second-order valence-corrected chi connectivity index (χ2v) is 6.69. The summed E-state index contributed by atoms with van der Waals surface area (Å²) in [5.41, 5.74) is -0.836. The number of esters is 1. The summed E-state index contributed by atoms with van der Waals surface area (Å²) in [6, 6.07) is 0. The van der Waals surface area contributed by atoms with E-state index in [1.807, 2.05) is 27.7 Å². The minimum absolute atomic E-state index is 0.216. The molecule has 0 fully saturated rings. The van der Waals surface area contributed by atoms with Gasteiger partial charge in [0.05, 0.1) is 0 Å². The molecular weight excluding hydrogens is 256 g/mol. The van der Waals surface area contributed by atoms with Crippen LogP contribution >= 0.6 is 0 Å². The van der Waals surface area contributed by atoms with E-state index in [9.17, 15) is 9.59 Å². The molecule has 0 aliphatic carbocycles. The smallest absolute Gasteiger partial charge is 0.317 e. The van der Waals surface area contributed by atoms with Crippen LogP contribution in [0, 0.1) is 5.41 Å². The van der Waals surface area contributed by atoms with Crippen LogP contribution in [-0.4, -0.2) is 22.6 Å².